The lowest BCUT2D eigenvalue weighted by molar-refractivity contribution is 0.982. The van der Waals surface area contributed by atoms with Gasteiger partial charge in [-0.15, -0.1) is 11.3 Å². The van der Waals surface area contributed by atoms with Gasteiger partial charge in [-0.1, -0.05) is 22.0 Å². The molecule has 0 unspecified atom stereocenters. The maximum absolute atomic E-state index is 4.26. The lowest BCUT2D eigenvalue weighted by Crippen LogP contribution is -2.03. The van der Waals surface area contributed by atoms with Crippen LogP contribution in [0.1, 0.15) is 6.42 Å². The highest BCUT2D eigenvalue weighted by Gasteiger charge is 2.01. The van der Waals surface area contributed by atoms with Crippen molar-refractivity contribution >= 4 is 33.1 Å². The van der Waals surface area contributed by atoms with E-state index >= 15 is 0 Å². The lowest BCUT2D eigenvalue weighted by atomic mass is 10.3. The summed E-state index contributed by atoms with van der Waals surface area (Å²) in [5, 5.41) is 6.33. The van der Waals surface area contributed by atoms with Gasteiger partial charge in [0, 0.05) is 17.9 Å². The summed E-state index contributed by atoms with van der Waals surface area (Å²) in [6.07, 6.45) is 2.68. The molecule has 5 heteroatoms. The highest BCUT2D eigenvalue weighted by atomic mass is 79.9. The predicted molar refractivity (Wildman–Crippen MR) is 72.2 cm³/mol. The molecule has 16 heavy (non-hydrogen) atoms. The van der Waals surface area contributed by atoms with E-state index in [1.807, 2.05) is 12.1 Å². The first-order valence-electron chi connectivity index (χ1n) is 5.06. The van der Waals surface area contributed by atoms with Crippen LogP contribution in [0.25, 0.3) is 10.6 Å². The molecule has 3 nitrogen and oxygen atoms in total. The first-order chi connectivity index (χ1) is 7.90. The van der Waals surface area contributed by atoms with Crippen LogP contribution in [0.15, 0.2) is 29.9 Å². The molecule has 0 spiro atoms. The number of halogens is 1. The fourth-order valence-corrected chi connectivity index (χ4v) is 2.27. The minimum absolute atomic E-state index is 0.888. The summed E-state index contributed by atoms with van der Waals surface area (Å²) in [6, 6.07) is 6.08. The largest absolute Gasteiger partial charge is 0.370 e. The Labute approximate surface area is 107 Å². The highest BCUT2D eigenvalue weighted by molar-refractivity contribution is 9.09. The third-order valence-corrected chi connectivity index (χ3v) is 3.51. The lowest BCUT2D eigenvalue weighted by Gasteiger charge is -2.04. The van der Waals surface area contributed by atoms with Gasteiger partial charge in [-0.25, -0.2) is 9.97 Å². The van der Waals surface area contributed by atoms with E-state index in [0.717, 1.165) is 29.8 Å². The van der Waals surface area contributed by atoms with E-state index < -0.39 is 0 Å². The summed E-state index contributed by atoms with van der Waals surface area (Å²) in [6.45, 7) is 0.923. The van der Waals surface area contributed by atoms with E-state index in [9.17, 15) is 0 Å². The standard InChI is InChI=1S/C11H12BrN3S/c12-4-2-5-13-11-7-9(14-8-15-11)10-3-1-6-16-10/h1,3,6-8H,2,4-5H2,(H,13,14,15). The van der Waals surface area contributed by atoms with Gasteiger partial charge in [0.1, 0.15) is 12.1 Å². The molecular formula is C11H12BrN3S. The molecule has 0 aliphatic carbocycles. The summed E-state index contributed by atoms with van der Waals surface area (Å²) in [5.41, 5.74) is 0.978. The molecule has 0 aliphatic heterocycles. The molecule has 0 saturated carbocycles. The molecule has 0 fully saturated rings. The number of anilines is 1. The molecule has 2 rings (SSSR count). The third-order valence-electron chi connectivity index (χ3n) is 2.06. The molecule has 0 atom stereocenters. The van der Waals surface area contributed by atoms with Crippen molar-refractivity contribution < 1.29 is 0 Å². The van der Waals surface area contributed by atoms with E-state index in [-0.39, 0.29) is 0 Å². The van der Waals surface area contributed by atoms with Crippen LogP contribution in [0.4, 0.5) is 5.82 Å². The van der Waals surface area contributed by atoms with Crippen LogP contribution < -0.4 is 5.32 Å². The Morgan fingerprint density at radius 3 is 3.06 bits per heavy atom. The number of rotatable bonds is 5. The zero-order chi connectivity index (χ0) is 11.2. The average molecular weight is 298 g/mol. The van der Waals surface area contributed by atoms with Crippen molar-refractivity contribution in [1.82, 2.24) is 9.97 Å². The van der Waals surface area contributed by atoms with Gasteiger partial charge in [-0.2, -0.15) is 0 Å². The van der Waals surface area contributed by atoms with Crippen molar-refractivity contribution in [2.24, 2.45) is 0 Å². The predicted octanol–water partition coefficient (Wildman–Crippen LogP) is 3.40. The Balaban J connectivity index is 2.08. The first kappa shape index (κ1) is 11.5. The van der Waals surface area contributed by atoms with Crippen molar-refractivity contribution in [3.8, 4) is 10.6 Å². The Hall–Kier alpha value is -0.940. The molecule has 2 aromatic rings. The smallest absolute Gasteiger partial charge is 0.129 e. The van der Waals surface area contributed by atoms with Gasteiger partial charge in [0.15, 0.2) is 0 Å². The summed E-state index contributed by atoms with van der Waals surface area (Å²) in [7, 11) is 0. The molecule has 0 amide bonds. The average Bonchev–Trinajstić information content (AvgIpc) is 2.83. The zero-order valence-electron chi connectivity index (χ0n) is 8.69. The Morgan fingerprint density at radius 2 is 2.31 bits per heavy atom. The number of hydrogen-bond donors (Lipinski definition) is 1. The highest BCUT2D eigenvalue weighted by Crippen LogP contribution is 2.23. The Bertz CT molecular complexity index is 431. The molecule has 84 valence electrons. The topological polar surface area (TPSA) is 37.8 Å². The normalized spacial score (nSPS) is 10.3. The van der Waals surface area contributed by atoms with Gasteiger partial charge >= 0.3 is 0 Å². The second kappa shape index (κ2) is 5.96. The molecule has 1 N–H and O–H groups in total. The Kier molecular flexibility index (Phi) is 4.30. The number of aromatic nitrogens is 2. The van der Waals surface area contributed by atoms with Crippen LogP contribution in [0.3, 0.4) is 0 Å². The van der Waals surface area contributed by atoms with Crippen LogP contribution in [-0.2, 0) is 0 Å². The van der Waals surface area contributed by atoms with E-state index in [1.54, 1.807) is 17.7 Å². The molecule has 0 aromatic carbocycles. The third kappa shape index (κ3) is 3.02. The van der Waals surface area contributed by atoms with E-state index in [2.05, 4.69) is 42.7 Å². The van der Waals surface area contributed by atoms with Crippen LogP contribution >= 0.6 is 27.3 Å². The fraction of sp³-hybridized carbons (Fsp3) is 0.273. The second-order valence-corrected chi connectivity index (χ2v) is 4.98. The van der Waals surface area contributed by atoms with Crippen molar-refractivity contribution in [3.63, 3.8) is 0 Å². The molecule has 0 bridgehead atoms. The van der Waals surface area contributed by atoms with Crippen LogP contribution in [-0.4, -0.2) is 21.8 Å². The van der Waals surface area contributed by atoms with Crippen LogP contribution in [0, 0.1) is 0 Å². The summed E-state index contributed by atoms with van der Waals surface area (Å²) in [5.74, 6) is 0.888. The minimum atomic E-state index is 0.888. The van der Waals surface area contributed by atoms with Gasteiger partial charge in [0.2, 0.25) is 0 Å². The minimum Gasteiger partial charge on any atom is -0.370 e. The van der Waals surface area contributed by atoms with Crippen LogP contribution in [0.2, 0.25) is 0 Å². The van der Waals surface area contributed by atoms with Crippen molar-refractivity contribution in [1.29, 1.82) is 0 Å². The first-order valence-corrected chi connectivity index (χ1v) is 7.06. The van der Waals surface area contributed by atoms with Gasteiger partial charge in [-0.3, -0.25) is 0 Å². The zero-order valence-corrected chi connectivity index (χ0v) is 11.1. The maximum atomic E-state index is 4.26. The SMILES string of the molecule is BrCCCNc1cc(-c2cccs2)ncn1. The second-order valence-electron chi connectivity index (χ2n) is 3.24. The monoisotopic (exact) mass is 297 g/mol. The van der Waals surface area contributed by atoms with Crippen molar-refractivity contribution in [3.05, 3.63) is 29.9 Å². The van der Waals surface area contributed by atoms with Crippen molar-refractivity contribution in [2.75, 3.05) is 17.2 Å². The maximum Gasteiger partial charge on any atom is 0.129 e. The fourth-order valence-electron chi connectivity index (χ4n) is 1.30. The van der Waals surface area contributed by atoms with Gasteiger partial charge in [-0.05, 0) is 17.9 Å². The molecule has 2 heterocycles. The number of alkyl halides is 1. The van der Waals surface area contributed by atoms with Crippen molar-refractivity contribution in [2.45, 2.75) is 6.42 Å². The van der Waals surface area contributed by atoms with Crippen LogP contribution in [0.5, 0.6) is 0 Å². The van der Waals surface area contributed by atoms with Gasteiger partial charge < -0.3 is 5.32 Å². The number of nitrogens with zero attached hydrogens (tertiary/aromatic N) is 2. The molecular weight excluding hydrogens is 286 g/mol. The molecule has 0 saturated heterocycles. The molecule has 2 aromatic heterocycles. The summed E-state index contributed by atoms with van der Waals surface area (Å²) < 4.78 is 0. The Morgan fingerprint density at radius 1 is 1.38 bits per heavy atom. The van der Waals surface area contributed by atoms with E-state index in [4.69, 9.17) is 0 Å². The molecule has 0 aliphatic rings. The van der Waals surface area contributed by atoms with E-state index in [0.29, 0.717) is 0 Å². The number of hydrogen-bond acceptors (Lipinski definition) is 4. The number of nitrogens with one attached hydrogen (secondary N) is 1. The number of thiophene rings is 1. The summed E-state index contributed by atoms with van der Waals surface area (Å²) in [4.78, 5) is 9.62. The quantitative estimate of drug-likeness (QED) is 0.679. The summed E-state index contributed by atoms with van der Waals surface area (Å²) >= 11 is 5.09. The van der Waals surface area contributed by atoms with Gasteiger partial charge in [0.05, 0.1) is 10.6 Å². The van der Waals surface area contributed by atoms with Gasteiger partial charge in [0.25, 0.3) is 0 Å². The molecule has 0 radical (unpaired) electrons. The van der Waals surface area contributed by atoms with E-state index in [1.165, 1.54) is 4.88 Å².